The molecule has 8 nitrogen and oxygen atoms in total. The summed E-state index contributed by atoms with van der Waals surface area (Å²) in [5, 5.41) is 3.34. The normalized spacial score (nSPS) is 13.5. The van der Waals surface area contributed by atoms with Crippen LogP contribution in [0.5, 0.6) is 5.75 Å². The summed E-state index contributed by atoms with van der Waals surface area (Å²) in [5.41, 5.74) is 5.45. The molecule has 0 spiro atoms. The predicted molar refractivity (Wildman–Crippen MR) is 226 cm³/mol. The van der Waals surface area contributed by atoms with Gasteiger partial charge in [0, 0.05) is 25.5 Å². The Bertz CT molecular complexity index is 2040. The number of carbonyl (C=O) groups is 2. The summed E-state index contributed by atoms with van der Waals surface area (Å²) in [5.74, 6) is 0.240. The third kappa shape index (κ3) is 13.3. The minimum Gasteiger partial charge on any atom is -0.489 e. The zero-order chi connectivity index (χ0) is 40.9. The van der Waals surface area contributed by atoms with Crippen molar-refractivity contribution < 1.29 is 32.3 Å². The fraction of sp³-hybridized carbons (Fsp3) is 0.217. The van der Waals surface area contributed by atoms with Gasteiger partial charge in [0.05, 0.1) is 17.9 Å². The average molecular weight is 779 g/mol. The van der Waals surface area contributed by atoms with Gasteiger partial charge in [-0.25, -0.2) is 9.18 Å². The van der Waals surface area contributed by atoms with Gasteiger partial charge in [0.25, 0.3) is 0 Å². The Balaban J connectivity index is 0.000000266. The molecule has 0 radical (unpaired) electrons. The molecular weight excluding hydrogens is 726 g/mol. The quantitative estimate of drug-likeness (QED) is 0.0621. The number of nitrogens with zero attached hydrogens (tertiary/aromatic N) is 1. The Morgan fingerprint density at radius 3 is 1.96 bits per heavy atom. The van der Waals surface area contributed by atoms with Crippen molar-refractivity contribution in [1.29, 1.82) is 0 Å². The number of para-hydroxylation sites is 1. The Hall–Kier alpha value is -5.60. The first kappa shape index (κ1) is 44.8. The Labute approximate surface area is 331 Å². The fourth-order valence-electron chi connectivity index (χ4n) is 5.21. The maximum Gasteiger partial charge on any atom is 0.360 e. The number of carbonyl (C=O) groups excluding carboxylic acids is 2. The molecule has 294 valence electrons. The number of nitrogens with one attached hydrogen (secondary N) is 1. The van der Waals surface area contributed by atoms with Gasteiger partial charge in [-0.1, -0.05) is 105 Å². The molecule has 1 saturated heterocycles. The SMILES string of the molecule is C/C=C\C.CC.COP(=O)(OC)c1ccc(-c2ccc(C)c(OCc3ccccc3)c2)cc1.O=C(/C=C/C1CN(c2ccccc2)C(=O)N1)c1ccc(F)cc1. The molecule has 1 heterocycles. The summed E-state index contributed by atoms with van der Waals surface area (Å²) in [6, 6.07) is 37.8. The summed E-state index contributed by atoms with van der Waals surface area (Å²) in [7, 11) is -0.465. The lowest BCUT2D eigenvalue weighted by Gasteiger charge is -2.14. The van der Waals surface area contributed by atoms with E-state index in [4.69, 9.17) is 13.8 Å². The summed E-state index contributed by atoms with van der Waals surface area (Å²) in [6.07, 6.45) is 7.07. The van der Waals surface area contributed by atoms with E-state index in [1.807, 2.05) is 138 Å². The van der Waals surface area contributed by atoms with Crippen LogP contribution in [0.1, 0.15) is 49.2 Å². The number of halogens is 1. The predicted octanol–water partition coefficient (Wildman–Crippen LogP) is 11.1. The summed E-state index contributed by atoms with van der Waals surface area (Å²) in [4.78, 5) is 25.6. The number of hydrogen-bond acceptors (Lipinski definition) is 6. The van der Waals surface area contributed by atoms with E-state index in [0.717, 1.165) is 33.7 Å². The summed E-state index contributed by atoms with van der Waals surface area (Å²) >= 11 is 0. The topological polar surface area (TPSA) is 94.2 Å². The zero-order valence-corrected chi connectivity index (χ0v) is 34.0. The number of allylic oxidation sites excluding steroid dienone is 3. The Morgan fingerprint density at radius 1 is 0.821 bits per heavy atom. The Morgan fingerprint density at radius 2 is 1.39 bits per heavy atom. The fourth-order valence-corrected chi connectivity index (χ4v) is 6.29. The van der Waals surface area contributed by atoms with Crippen molar-refractivity contribution in [2.24, 2.45) is 0 Å². The average Bonchev–Trinajstić information content (AvgIpc) is 3.64. The summed E-state index contributed by atoms with van der Waals surface area (Å²) in [6.45, 7) is 11.0. The molecule has 1 atom stereocenters. The molecular formula is C46H52FN2O6P. The van der Waals surface area contributed by atoms with Crippen LogP contribution >= 0.6 is 7.60 Å². The number of anilines is 1. The third-order valence-corrected chi connectivity index (χ3v) is 10.3. The minimum atomic E-state index is -3.23. The van der Waals surface area contributed by atoms with Gasteiger partial charge in [0.15, 0.2) is 5.78 Å². The van der Waals surface area contributed by atoms with Crippen molar-refractivity contribution in [3.8, 4) is 16.9 Å². The molecule has 1 fully saturated rings. The van der Waals surface area contributed by atoms with E-state index in [2.05, 4.69) is 5.32 Å². The number of amides is 2. The van der Waals surface area contributed by atoms with Crippen LogP contribution in [0.4, 0.5) is 14.9 Å². The summed E-state index contributed by atoms with van der Waals surface area (Å²) < 4.78 is 41.4. The number of rotatable bonds is 11. The lowest BCUT2D eigenvalue weighted by Crippen LogP contribution is -2.28. The number of hydrogen-bond donors (Lipinski definition) is 1. The number of aryl methyl sites for hydroxylation is 1. The largest absolute Gasteiger partial charge is 0.489 e. The van der Waals surface area contributed by atoms with Gasteiger partial charge in [-0.2, -0.15) is 0 Å². The van der Waals surface area contributed by atoms with E-state index in [1.54, 1.807) is 23.1 Å². The van der Waals surface area contributed by atoms with Crippen LogP contribution in [0, 0.1) is 12.7 Å². The van der Waals surface area contributed by atoms with E-state index in [1.165, 1.54) is 44.6 Å². The van der Waals surface area contributed by atoms with Crippen LogP contribution in [0.25, 0.3) is 11.1 Å². The zero-order valence-electron chi connectivity index (χ0n) is 33.1. The van der Waals surface area contributed by atoms with E-state index < -0.39 is 7.60 Å². The molecule has 5 aromatic carbocycles. The molecule has 2 amide bonds. The first-order valence-corrected chi connectivity index (χ1v) is 19.9. The highest BCUT2D eigenvalue weighted by atomic mass is 31.2. The van der Waals surface area contributed by atoms with Gasteiger partial charge in [-0.3, -0.25) is 14.3 Å². The highest BCUT2D eigenvalue weighted by Gasteiger charge is 2.28. The van der Waals surface area contributed by atoms with Crippen molar-refractivity contribution in [1.82, 2.24) is 5.32 Å². The lowest BCUT2D eigenvalue weighted by atomic mass is 10.0. The van der Waals surface area contributed by atoms with Crippen LogP contribution in [0.3, 0.4) is 0 Å². The highest BCUT2D eigenvalue weighted by Crippen LogP contribution is 2.45. The van der Waals surface area contributed by atoms with E-state index in [-0.39, 0.29) is 23.7 Å². The van der Waals surface area contributed by atoms with Gasteiger partial charge in [0.1, 0.15) is 18.2 Å². The van der Waals surface area contributed by atoms with Crippen LogP contribution < -0.4 is 20.3 Å². The van der Waals surface area contributed by atoms with Crippen molar-refractivity contribution in [2.75, 3.05) is 25.7 Å². The van der Waals surface area contributed by atoms with Crippen molar-refractivity contribution in [3.63, 3.8) is 0 Å². The number of ketones is 1. The number of benzene rings is 5. The second kappa shape index (κ2) is 23.3. The van der Waals surface area contributed by atoms with Crippen LogP contribution in [0.2, 0.25) is 0 Å². The van der Waals surface area contributed by atoms with Crippen molar-refractivity contribution in [3.05, 3.63) is 174 Å². The van der Waals surface area contributed by atoms with Gasteiger partial charge in [-0.15, -0.1) is 0 Å². The monoisotopic (exact) mass is 778 g/mol. The van der Waals surface area contributed by atoms with E-state index in [9.17, 15) is 18.5 Å². The highest BCUT2D eigenvalue weighted by molar-refractivity contribution is 7.62. The smallest absolute Gasteiger partial charge is 0.360 e. The van der Waals surface area contributed by atoms with E-state index >= 15 is 0 Å². The molecule has 10 heteroatoms. The maximum absolute atomic E-state index is 12.8. The first-order valence-electron chi connectivity index (χ1n) is 18.4. The molecule has 5 aromatic rings. The molecule has 1 aliphatic rings. The van der Waals surface area contributed by atoms with Crippen LogP contribution in [0.15, 0.2) is 152 Å². The van der Waals surface area contributed by atoms with Gasteiger partial charge in [0.2, 0.25) is 0 Å². The first-order chi connectivity index (χ1) is 27.1. The Kier molecular flexibility index (Phi) is 18.7. The van der Waals surface area contributed by atoms with Crippen LogP contribution in [-0.4, -0.2) is 38.6 Å². The second-order valence-corrected chi connectivity index (χ2v) is 14.3. The molecule has 0 bridgehead atoms. The van der Waals surface area contributed by atoms with Gasteiger partial charge < -0.3 is 19.1 Å². The lowest BCUT2D eigenvalue weighted by molar-refractivity contribution is 0.104. The molecule has 56 heavy (non-hydrogen) atoms. The molecule has 0 saturated carbocycles. The molecule has 1 aliphatic heterocycles. The second-order valence-electron chi connectivity index (χ2n) is 12.1. The third-order valence-electron chi connectivity index (χ3n) is 8.37. The maximum atomic E-state index is 12.8. The van der Waals surface area contributed by atoms with Crippen molar-refractivity contribution >= 4 is 30.4 Å². The van der Waals surface area contributed by atoms with Gasteiger partial charge >= 0.3 is 13.6 Å². The number of urea groups is 1. The molecule has 6 rings (SSSR count). The van der Waals surface area contributed by atoms with E-state index in [0.29, 0.717) is 24.0 Å². The molecule has 1 unspecified atom stereocenters. The van der Waals surface area contributed by atoms with Gasteiger partial charge in [-0.05, 0) is 104 Å². The van der Waals surface area contributed by atoms with Crippen LogP contribution in [-0.2, 0) is 20.2 Å². The minimum absolute atomic E-state index is 0.194. The number of ether oxygens (including phenoxy) is 1. The molecule has 1 N–H and O–H groups in total. The standard InChI is InChI=1S/C22H23O4P.C18H15FN2O2.C4H8.C2H6/c1-17-9-10-20(15-22(17)26-16-18-7-5-4-6-8-18)19-11-13-21(14-12-19)27(23,24-2)25-3;19-14-8-6-13(7-9-14)17(22)11-10-15-12-21(18(23)20-15)16-4-2-1-3-5-16;1-3-4-2;1-2/h4-15H,16H2,1-3H3;1-11,15H,12H2,(H,20,23);3-4H,1-2H3;1-2H3/b;11-10+;4-3-;. The van der Waals surface area contributed by atoms with Crippen molar-refractivity contribution in [2.45, 2.75) is 47.3 Å². The molecule has 0 aliphatic carbocycles. The molecule has 0 aromatic heterocycles.